The molecule has 352 valence electrons. The average molecular weight is 885 g/mol. The molecule has 1 heterocycles. The Hall–Kier alpha value is -6.47. The lowest BCUT2D eigenvalue weighted by Gasteiger charge is -2.19. The van der Waals surface area contributed by atoms with Gasteiger partial charge in [-0.1, -0.05) is 95.1 Å². The number of amides is 2. The Bertz CT molecular complexity index is 1800. The van der Waals surface area contributed by atoms with E-state index in [9.17, 15) is 14.7 Å². The number of anilines is 2. The van der Waals surface area contributed by atoms with Crippen LogP contribution in [0.25, 0.3) is 0 Å². The van der Waals surface area contributed by atoms with Crippen LogP contribution in [-0.2, 0) is 32.1 Å². The van der Waals surface area contributed by atoms with Gasteiger partial charge >= 0.3 is 5.97 Å². The molecule has 0 spiro atoms. The normalized spacial score (nSPS) is 9.98. The molecule has 0 saturated heterocycles. The van der Waals surface area contributed by atoms with Crippen LogP contribution in [0.4, 0.5) is 11.4 Å². The molecule has 1 atom stereocenters. The number of nitrogens with one attached hydrogen (secondary N) is 3. The number of aliphatic carboxylic acids is 1. The van der Waals surface area contributed by atoms with E-state index in [-0.39, 0.29) is 31.6 Å². The van der Waals surface area contributed by atoms with E-state index in [1.54, 1.807) is 0 Å². The van der Waals surface area contributed by atoms with Gasteiger partial charge in [-0.3, -0.25) is 29.1 Å². The summed E-state index contributed by atoms with van der Waals surface area (Å²) < 4.78 is 5.80. The minimum absolute atomic E-state index is 0.179. The van der Waals surface area contributed by atoms with Crippen molar-refractivity contribution < 1.29 is 34.1 Å². The van der Waals surface area contributed by atoms with E-state index in [4.69, 9.17) is 19.4 Å². The van der Waals surface area contributed by atoms with Gasteiger partial charge < -0.3 is 36.6 Å². The van der Waals surface area contributed by atoms with Crippen LogP contribution in [0, 0.1) is 13.8 Å². The number of nitrogens with zero attached hydrogens (tertiary/aromatic N) is 2. The number of nitrogens with two attached hydrogens (primary N) is 1. The van der Waals surface area contributed by atoms with E-state index in [2.05, 4.69) is 104 Å². The largest absolute Gasteiger partial charge is 0.493 e. The second kappa shape index (κ2) is 40.6. The zero-order valence-electron chi connectivity index (χ0n) is 39.2. The number of rotatable bonds is 22. The third-order valence-electron chi connectivity index (χ3n) is 9.06. The highest BCUT2D eigenvalue weighted by Crippen LogP contribution is 2.25. The number of pyridine rings is 1. The first-order valence-corrected chi connectivity index (χ1v) is 21.8. The van der Waals surface area contributed by atoms with Gasteiger partial charge in [0, 0.05) is 30.5 Å². The lowest BCUT2D eigenvalue weighted by Crippen LogP contribution is -2.30. The van der Waals surface area contributed by atoms with Crippen molar-refractivity contribution in [3.05, 3.63) is 145 Å². The van der Waals surface area contributed by atoms with Crippen molar-refractivity contribution in [1.29, 1.82) is 0 Å². The van der Waals surface area contributed by atoms with Crippen LogP contribution >= 0.6 is 0 Å². The number of unbranched alkanes of at least 4 members (excludes halogenated alkanes) is 2. The first-order chi connectivity index (χ1) is 31.0. The van der Waals surface area contributed by atoms with Gasteiger partial charge in [-0.15, -0.1) is 19.7 Å². The minimum atomic E-state index is -0.962. The molecule has 0 aliphatic heterocycles. The zero-order valence-corrected chi connectivity index (χ0v) is 39.2. The number of para-hydroxylation sites is 1. The molecule has 0 aliphatic rings. The van der Waals surface area contributed by atoms with E-state index in [0.29, 0.717) is 19.7 Å². The van der Waals surface area contributed by atoms with Crippen LogP contribution in [0.5, 0.6) is 5.75 Å². The predicted molar refractivity (Wildman–Crippen MR) is 264 cm³/mol. The highest BCUT2D eigenvalue weighted by Gasteiger charge is 2.19. The van der Waals surface area contributed by atoms with E-state index >= 15 is 0 Å². The van der Waals surface area contributed by atoms with Crippen molar-refractivity contribution in [3.8, 4) is 5.75 Å². The average Bonchev–Trinajstić information content (AvgIpc) is 3.30. The standard InChI is InChI=1S/C31H39N3O4.C12H20N2.C4H8.C2H4.CH3NO.CH2O2/c1-4-5-18-38-29-16-13-25(19-23(29)3)28(20-31(36)37)34-30(35)17-12-24-10-14-26(15-11-24)32-21-33-27-9-7-6-8-22(27)2;1-3-5-10-14(4-2)11-12-8-6-7-9-13-12;1-3-4-2;1-2;2*2-1-3/h6-11,13-16,19,28,32-33H,4-5,12,17-18,20-21H2,1-3H3,(H,34,35)(H,36,37);6-9H,3-5,10-11H2,1-2H3;3H,1,4H2,2H3;1-2H2;1H,(H2,2,3);1H,(H,2,3). The maximum absolute atomic E-state index is 12.7. The van der Waals surface area contributed by atoms with Crippen molar-refractivity contribution in [1.82, 2.24) is 15.2 Å². The summed E-state index contributed by atoms with van der Waals surface area (Å²) in [6.07, 6.45) is 10.3. The predicted octanol–water partition coefficient (Wildman–Crippen LogP) is 10.1. The maximum atomic E-state index is 12.7. The Morgan fingerprint density at radius 3 is 2.05 bits per heavy atom. The molecule has 2 amide bonds. The number of hydrogen-bond donors (Lipinski definition) is 6. The van der Waals surface area contributed by atoms with Gasteiger partial charge in [0.1, 0.15) is 5.75 Å². The molecule has 7 N–H and O–H groups in total. The summed E-state index contributed by atoms with van der Waals surface area (Å²) in [6, 6.07) is 27.2. The molecule has 64 heavy (non-hydrogen) atoms. The molecule has 0 radical (unpaired) electrons. The SMILES string of the molecule is C=C.C=CCC.CCCCN(CC)Cc1ccccn1.CCCCOc1ccc(C(CC(=O)O)NC(=O)CCc2ccc(NCNc3ccccc3C)cc2)cc1C.NC=O.O=CO. The number of allylic oxidation sites excluding steroid dienone is 1. The molecule has 13 heteroatoms. The molecule has 1 unspecified atom stereocenters. The fraction of sp³-hybridized carbons (Fsp3) is 0.392. The molecule has 0 saturated carbocycles. The molecular formula is C51H76N6O7. The fourth-order valence-electron chi connectivity index (χ4n) is 5.58. The summed E-state index contributed by atoms with van der Waals surface area (Å²) in [7, 11) is 0. The summed E-state index contributed by atoms with van der Waals surface area (Å²) in [5, 5.41) is 25.9. The summed E-state index contributed by atoms with van der Waals surface area (Å²) in [4.78, 5) is 47.9. The fourth-order valence-corrected chi connectivity index (χ4v) is 5.58. The van der Waals surface area contributed by atoms with Crippen molar-refractivity contribution in [2.75, 3.05) is 37.0 Å². The molecule has 4 aromatic rings. The van der Waals surface area contributed by atoms with Gasteiger partial charge in [0.2, 0.25) is 12.3 Å². The first kappa shape index (κ1) is 59.6. The summed E-state index contributed by atoms with van der Waals surface area (Å²) in [6.45, 7) is 26.4. The monoisotopic (exact) mass is 885 g/mol. The van der Waals surface area contributed by atoms with E-state index in [0.717, 1.165) is 66.2 Å². The van der Waals surface area contributed by atoms with Crippen molar-refractivity contribution in [2.24, 2.45) is 5.73 Å². The van der Waals surface area contributed by atoms with E-state index in [1.807, 2.05) is 85.9 Å². The highest BCUT2D eigenvalue weighted by molar-refractivity contribution is 5.78. The van der Waals surface area contributed by atoms with Crippen LogP contribution in [0.3, 0.4) is 0 Å². The number of carbonyl (C=O) groups is 4. The number of primary amides is 1. The third kappa shape index (κ3) is 29.7. The van der Waals surface area contributed by atoms with Gasteiger partial charge in [-0.05, 0) is 111 Å². The number of ether oxygens (including phenoxy) is 1. The lowest BCUT2D eigenvalue weighted by molar-refractivity contribution is -0.137. The molecule has 1 aromatic heterocycles. The lowest BCUT2D eigenvalue weighted by atomic mass is 10.0. The quantitative estimate of drug-likeness (QED) is 0.0190. The van der Waals surface area contributed by atoms with Gasteiger partial charge in [-0.25, -0.2) is 0 Å². The Morgan fingerprint density at radius 1 is 0.891 bits per heavy atom. The number of carboxylic acids is 1. The Morgan fingerprint density at radius 2 is 1.52 bits per heavy atom. The van der Waals surface area contributed by atoms with Crippen molar-refractivity contribution in [2.45, 2.75) is 105 Å². The molecule has 13 nitrogen and oxygen atoms in total. The van der Waals surface area contributed by atoms with E-state index < -0.39 is 12.0 Å². The number of hydrogen-bond acceptors (Lipinski definition) is 9. The second-order valence-electron chi connectivity index (χ2n) is 14.0. The Balaban J connectivity index is 0. The maximum Gasteiger partial charge on any atom is 0.305 e. The van der Waals surface area contributed by atoms with Gasteiger partial charge in [0.25, 0.3) is 6.47 Å². The van der Waals surface area contributed by atoms with Crippen LogP contribution in [-0.4, -0.2) is 71.2 Å². The number of aromatic nitrogens is 1. The van der Waals surface area contributed by atoms with E-state index in [1.165, 1.54) is 30.6 Å². The number of benzene rings is 3. The summed E-state index contributed by atoms with van der Waals surface area (Å²) in [5.74, 6) is -0.357. The van der Waals surface area contributed by atoms with Crippen molar-refractivity contribution in [3.63, 3.8) is 0 Å². The van der Waals surface area contributed by atoms with Crippen LogP contribution in [0.15, 0.2) is 117 Å². The molecule has 3 aromatic carbocycles. The number of carboxylic acid groups (broad SMARTS) is 2. The Labute approximate surface area is 383 Å². The second-order valence-corrected chi connectivity index (χ2v) is 14.0. The van der Waals surface area contributed by atoms with Crippen LogP contribution in [0.2, 0.25) is 0 Å². The molecular weight excluding hydrogens is 809 g/mol. The topological polar surface area (TPSA) is 196 Å². The zero-order chi connectivity index (χ0) is 48.4. The van der Waals surface area contributed by atoms with Gasteiger partial charge in [0.05, 0.1) is 31.4 Å². The van der Waals surface area contributed by atoms with Crippen molar-refractivity contribution >= 4 is 36.1 Å². The van der Waals surface area contributed by atoms with Crippen LogP contribution < -0.4 is 26.4 Å². The summed E-state index contributed by atoms with van der Waals surface area (Å²) >= 11 is 0. The van der Waals surface area contributed by atoms with Gasteiger partial charge in [-0.2, -0.15) is 0 Å². The molecule has 0 bridgehead atoms. The molecule has 0 fully saturated rings. The number of aryl methyl sites for hydroxylation is 3. The molecule has 4 rings (SSSR count). The first-order valence-electron chi connectivity index (χ1n) is 21.8. The number of carbonyl (C=O) groups excluding carboxylic acids is 2. The highest BCUT2D eigenvalue weighted by atomic mass is 16.5. The smallest absolute Gasteiger partial charge is 0.305 e. The Kier molecular flexibility index (Phi) is 37.8. The summed E-state index contributed by atoms with van der Waals surface area (Å²) in [5.41, 5.74) is 11.3. The molecule has 0 aliphatic carbocycles. The third-order valence-corrected chi connectivity index (χ3v) is 9.06. The van der Waals surface area contributed by atoms with Gasteiger partial charge in [0.15, 0.2) is 0 Å². The van der Waals surface area contributed by atoms with Crippen LogP contribution in [0.1, 0.15) is 107 Å². The minimum Gasteiger partial charge on any atom is -0.493 e.